The summed E-state index contributed by atoms with van der Waals surface area (Å²) in [4.78, 5) is 58.6. The lowest BCUT2D eigenvalue weighted by atomic mass is 10.1. The molecule has 0 bridgehead atoms. The first kappa shape index (κ1) is 24.9. The second kappa shape index (κ2) is 10.1. The highest BCUT2D eigenvalue weighted by Crippen LogP contribution is 2.14. The van der Waals surface area contributed by atoms with E-state index in [1.165, 1.54) is 0 Å². The van der Waals surface area contributed by atoms with Crippen LogP contribution in [0, 0.1) is 0 Å². The zero-order valence-electron chi connectivity index (χ0n) is 15.0. The molecule has 0 saturated carbocycles. The number of aliphatic hydroxyl groups excluding tert-OH is 3. The van der Waals surface area contributed by atoms with Gasteiger partial charge >= 0.3 is 10.3 Å². The lowest BCUT2D eigenvalue weighted by Crippen LogP contribution is -2.65. The summed E-state index contributed by atoms with van der Waals surface area (Å²) in [5.74, 6) is -6.11. The Kier molecular flexibility index (Phi) is 8.37. The van der Waals surface area contributed by atoms with E-state index in [-0.39, 0.29) is 4.31 Å². The molecule has 5 amide bonds. The van der Waals surface area contributed by atoms with Crippen LogP contribution in [0.1, 0.15) is 0 Å². The van der Waals surface area contributed by atoms with E-state index in [1.54, 1.807) is 0 Å². The Morgan fingerprint density at radius 2 is 1.80 bits per heavy atom. The molecule has 0 spiro atoms. The van der Waals surface area contributed by atoms with Gasteiger partial charge < -0.3 is 37.0 Å². The van der Waals surface area contributed by atoms with Gasteiger partial charge in [-0.3, -0.25) is 28.5 Å². The van der Waals surface area contributed by atoms with Crippen LogP contribution in [0.4, 0.5) is 0 Å². The van der Waals surface area contributed by atoms with Crippen molar-refractivity contribution in [2.75, 3.05) is 19.8 Å². The summed E-state index contributed by atoms with van der Waals surface area (Å²) in [5, 5.41) is 32.8. The molecule has 17 heteroatoms. The summed E-state index contributed by atoms with van der Waals surface area (Å²) in [6.07, 6.45) is -1.46. The van der Waals surface area contributed by atoms with Crippen molar-refractivity contribution in [1.82, 2.24) is 20.3 Å². The maximum atomic E-state index is 12.2. The first-order valence-electron chi connectivity index (χ1n) is 7.93. The van der Waals surface area contributed by atoms with Crippen LogP contribution in [0.2, 0.25) is 0 Å². The molecule has 1 fully saturated rings. The minimum atomic E-state index is -4.81. The van der Waals surface area contributed by atoms with Crippen LogP contribution >= 0.6 is 0 Å². The number of nitrogens with one attached hydrogen (secondary N) is 3. The number of hydrogen-bond donors (Lipinski definition) is 8. The molecule has 1 aliphatic rings. The summed E-state index contributed by atoms with van der Waals surface area (Å²) in [7, 11) is -4.81. The van der Waals surface area contributed by atoms with E-state index in [0.29, 0.717) is 6.08 Å². The lowest BCUT2D eigenvalue weighted by Gasteiger charge is -2.35. The summed E-state index contributed by atoms with van der Waals surface area (Å²) < 4.78 is 30.6. The number of aliphatic hydroxyl groups is 3. The van der Waals surface area contributed by atoms with Gasteiger partial charge in [0.2, 0.25) is 11.8 Å². The molecule has 168 valence electrons. The topological polar surface area (TPSA) is 266 Å². The van der Waals surface area contributed by atoms with E-state index >= 15 is 0 Å². The number of carbonyl (C=O) groups is 5. The minimum absolute atomic E-state index is 0.0534. The number of nitrogens with two attached hydrogens (primary N) is 1. The molecule has 9 N–H and O–H groups in total. The quantitative estimate of drug-likeness (QED) is 0.0875. The average Bonchev–Trinajstić information content (AvgIpc) is 2.65. The number of amides is 5. The molecule has 1 saturated heterocycles. The Balaban J connectivity index is 2.86. The third kappa shape index (κ3) is 6.46. The molecule has 0 aromatic rings. The van der Waals surface area contributed by atoms with E-state index in [1.807, 2.05) is 16.0 Å². The van der Waals surface area contributed by atoms with Gasteiger partial charge in [0, 0.05) is 6.08 Å². The zero-order valence-corrected chi connectivity index (χ0v) is 15.8. The summed E-state index contributed by atoms with van der Waals surface area (Å²) >= 11 is 0. The Morgan fingerprint density at radius 1 is 1.20 bits per heavy atom. The van der Waals surface area contributed by atoms with Crippen molar-refractivity contribution >= 4 is 39.8 Å². The van der Waals surface area contributed by atoms with Crippen LogP contribution in [-0.4, -0.2) is 100 Å². The molecular formula is C13H19N5O11S. The SMILES string of the molecule is NC(=O)/C=C(/NC(=O)[C@@H](CO)NC(=O)[C@@H](O)CO)C(=O)N[C@@H]1CN(S(=O)(=O)O)C1=O. The van der Waals surface area contributed by atoms with Crippen LogP contribution in [0.15, 0.2) is 11.8 Å². The van der Waals surface area contributed by atoms with Crippen LogP contribution in [0.3, 0.4) is 0 Å². The van der Waals surface area contributed by atoms with Gasteiger partial charge in [0.05, 0.1) is 19.8 Å². The van der Waals surface area contributed by atoms with Gasteiger partial charge in [0.25, 0.3) is 17.7 Å². The highest BCUT2D eigenvalue weighted by atomic mass is 32.2. The fourth-order valence-electron chi connectivity index (χ4n) is 2.01. The molecule has 0 aromatic heterocycles. The summed E-state index contributed by atoms with van der Waals surface area (Å²) in [6.45, 7) is -2.60. The van der Waals surface area contributed by atoms with E-state index in [9.17, 15) is 37.5 Å². The number of β-lactam (4-membered cyclic amide) rings is 1. The Hall–Kier alpha value is -3.12. The fourth-order valence-corrected chi connectivity index (χ4v) is 2.70. The predicted octanol–water partition coefficient (Wildman–Crippen LogP) is -6.57. The smallest absolute Gasteiger partial charge is 0.362 e. The molecule has 0 unspecified atom stereocenters. The lowest BCUT2D eigenvalue weighted by molar-refractivity contribution is -0.140. The molecule has 1 heterocycles. The van der Waals surface area contributed by atoms with Gasteiger partial charge in [0.1, 0.15) is 17.8 Å². The maximum absolute atomic E-state index is 12.2. The van der Waals surface area contributed by atoms with E-state index in [2.05, 4.69) is 0 Å². The summed E-state index contributed by atoms with van der Waals surface area (Å²) in [6, 6.07) is -3.12. The standard InChI is InChI=1S/C13H19N5O11S/c14-9(22)1-5(10(23)16-6-2-18(13(6)26)30(27,28)29)15-11(24)7(3-19)17-12(25)8(21)4-20/h1,6-8,19-21H,2-4H2,(H2,14,22)(H,15,24)(H,16,23)(H,17,25)(H,27,28,29)/b5-1+/t6-,7-,8+/m1/s1. The number of nitrogens with zero attached hydrogens (tertiary/aromatic N) is 1. The third-order valence-electron chi connectivity index (χ3n) is 3.56. The number of rotatable bonds is 10. The first-order chi connectivity index (χ1) is 13.8. The maximum Gasteiger partial charge on any atom is 0.362 e. The highest BCUT2D eigenvalue weighted by Gasteiger charge is 2.44. The molecule has 0 aliphatic carbocycles. The van der Waals surface area contributed by atoms with Crippen molar-refractivity contribution in [3.8, 4) is 0 Å². The van der Waals surface area contributed by atoms with Gasteiger partial charge in [-0.25, -0.2) is 4.31 Å². The molecule has 1 rings (SSSR count). The van der Waals surface area contributed by atoms with Crippen LogP contribution in [0.25, 0.3) is 0 Å². The second-order valence-corrected chi connectivity index (χ2v) is 7.10. The van der Waals surface area contributed by atoms with E-state index < -0.39 is 83.5 Å². The van der Waals surface area contributed by atoms with Crippen molar-refractivity contribution in [1.29, 1.82) is 0 Å². The highest BCUT2D eigenvalue weighted by molar-refractivity contribution is 7.84. The van der Waals surface area contributed by atoms with Crippen LogP contribution in [-0.2, 0) is 34.3 Å². The normalized spacial score (nSPS) is 18.7. The van der Waals surface area contributed by atoms with Crippen molar-refractivity contribution in [3.63, 3.8) is 0 Å². The Morgan fingerprint density at radius 3 is 2.23 bits per heavy atom. The zero-order chi connectivity index (χ0) is 23.2. The van der Waals surface area contributed by atoms with Crippen molar-refractivity contribution < 1.29 is 52.3 Å². The monoisotopic (exact) mass is 453 g/mol. The van der Waals surface area contributed by atoms with E-state index in [0.717, 1.165) is 0 Å². The Labute approximate surface area is 168 Å². The summed E-state index contributed by atoms with van der Waals surface area (Å²) in [5.41, 5.74) is 4.11. The molecular weight excluding hydrogens is 434 g/mol. The molecule has 1 aliphatic heterocycles. The Bertz CT molecular complexity index is 871. The average molecular weight is 453 g/mol. The first-order valence-corrected chi connectivity index (χ1v) is 9.33. The molecule has 3 atom stereocenters. The predicted molar refractivity (Wildman–Crippen MR) is 92.7 cm³/mol. The van der Waals surface area contributed by atoms with Gasteiger partial charge in [-0.2, -0.15) is 8.42 Å². The van der Waals surface area contributed by atoms with Gasteiger partial charge in [-0.1, -0.05) is 0 Å². The van der Waals surface area contributed by atoms with Crippen molar-refractivity contribution in [3.05, 3.63) is 11.8 Å². The van der Waals surface area contributed by atoms with Crippen molar-refractivity contribution in [2.24, 2.45) is 5.73 Å². The second-order valence-electron chi connectivity index (χ2n) is 5.76. The van der Waals surface area contributed by atoms with Gasteiger partial charge in [0.15, 0.2) is 6.10 Å². The fraction of sp³-hybridized carbons (Fsp3) is 0.462. The molecule has 16 nitrogen and oxygen atoms in total. The third-order valence-corrected chi connectivity index (χ3v) is 4.44. The van der Waals surface area contributed by atoms with Crippen LogP contribution < -0.4 is 21.7 Å². The number of hydrogen-bond acceptors (Lipinski definition) is 10. The molecule has 30 heavy (non-hydrogen) atoms. The largest absolute Gasteiger partial charge is 0.394 e. The van der Waals surface area contributed by atoms with Gasteiger partial charge in [-0.15, -0.1) is 0 Å². The van der Waals surface area contributed by atoms with Crippen LogP contribution in [0.5, 0.6) is 0 Å². The molecule has 0 aromatic carbocycles. The van der Waals surface area contributed by atoms with Gasteiger partial charge in [-0.05, 0) is 0 Å². The minimum Gasteiger partial charge on any atom is -0.394 e. The van der Waals surface area contributed by atoms with Crippen molar-refractivity contribution in [2.45, 2.75) is 18.2 Å². The molecule has 0 radical (unpaired) electrons. The number of primary amides is 1. The van der Waals surface area contributed by atoms with E-state index in [4.69, 9.17) is 20.5 Å². The number of carbonyl (C=O) groups excluding carboxylic acids is 5.